The summed E-state index contributed by atoms with van der Waals surface area (Å²) < 4.78 is 18.9. The molecule has 1 aromatic rings. The lowest BCUT2D eigenvalue weighted by atomic mass is 10.2. The first kappa shape index (κ1) is 13.7. The molecular weight excluding hydrogens is 221 g/mol. The number of nitrogens with two attached hydrogens (primary N) is 1. The van der Waals surface area contributed by atoms with Crippen molar-refractivity contribution < 1.29 is 9.13 Å². The maximum Gasteiger partial charge on any atom is 0.166 e. The Kier molecular flexibility index (Phi) is 5.69. The van der Waals surface area contributed by atoms with Crippen molar-refractivity contribution in [1.82, 2.24) is 4.98 Å². The van der Waals surface area contributed by atoms with Gasteiger partial charge in [0.1, 0.15) is 0 Å². The zero-order valence-electron chi connectivity index (χ0n) is 10.4. The van der Waals surface area contributed by atoms with E-state index >= 15 is 0 Å². The lowest BCUT2D eigenvalue weighted by molar-refractivity contribution is 0.146. The lowest BCUT2D eigenvalue weighted by Crippen LogP contribution is -2.27. The number of aromatic nitrogens is 1. The highest BCUT2D eigenvalue weighted by Gasteiger charge is 2.13. The van der Waals surface area contributed by atoms with Crippen LogP contribution in [0.5, 0.6) is 0 Å². The van der Waals surface area contributed by atoms with Crippen molar-refractivity contribution in [2.24, 2.45) is 0 Å². The minimum absolute atomic E-state index is 0.372. The van der Waals surface area contributed by atoms with Crippen LogP contribution >= 0.6 is 0 Å². The van der Waals surface area contributed by atoms with Gasteiger partial charge < -0.3 is 15.4 Å². The maximum atomic E-state index is 13.6. The van der Waals surface area contributed by atoms with E-state index in [1.54, 1.807) is 0 Å². The van der Waals surface area contributed by atoms with E-state index in [1.807, 2.05) is 18.7 Å². The first-order valence-electron chi connectivity index (χ1n) is 5.92. The average Bonchev–Trinajstić information content (AvgIpc) is 2.31. The van der Waals surface area contributed by atoms with E-state index in [-0.39, 0.29) is 5.82 Å². The van der Waals surface area contributed by atoms with Crippen LogP contribution in [-0.4, -0.2) is 31.3 Å². The van der Waals surface area contributed by atoms with Crippen molar-refractivity contribution in [1.29, 1.82) is 0 Å². The van der Waals surface area contributed by atoms with Gasteiger partial charge in [0, 0.05) is 26.3 Å². The predicted molar refractivity (Wildman–Crippen MR) is 67.6 cm³/mol. The van der Waals surface area contributed by atoms with Crippen molar-refractivity contribution in [3.05, 3.63) is 18.2 Å². The zero-order valence-corrected chi connectivity index (χ0v) is 10.4. The molecule has 0 bridgehead atoms. The van der Waals surface area contributed by atoms with Gasteiger partial charge in [-0.05, 0) is 20.3 Å². The van der Waals surface area contributed by atoms with Crippen molar-refractivity contribution in [3.8, 4) is 0 Å². The summed E-state index contributed by atoms with van der Waals surface area (Å²) in [7, 11) is 0. The summed E-state index contributed by atoms with van der Waals surface area (Å²) in [6.45, 7) is 6.74. The Balaban J connectivity index is 2.66. The summed E-state index contributed by atoms with van der Waals surface area (Å²) in [5, 5.41) is 0. The van der Waals surface area contributed by atoms with Crippen LogP contribution in [0, 0.1) is 5.82 Å². The summed E-state index contributed by atoms with van der Waals surface area (Å²) in [6.07, 6.45) is 3.52. The van der Waals surface area contributed by atoms with Crippen LogP contribution in [0.15, 0.2) is 12.4 Å². The summed E-state index contributed by atoms with van der Waals surface area (Å²) in [4.78, 5) is 5.63. The first-order chi connectivity index (χ1) is 8.20. The molecule has 0 saturated carbocycles. The van der Waals surface area contributed by atoms with Crippen LogP contribution in [-0.2, 0) is 4.74 Å². The highest BCUT2D eigenvalue weighted by atomic mass is 19.1. The van der Waals surface area contributed by atoms with Gasteiger partial charge >= 0.3 is 0 Å². The number of nitrogens with zero attached hydrogens (tertiary/aromatic N) is 2. The molecule has 0 aliphatic rings. The average molecular weight is 241 g/mol. The van der Waals surface area contributed by atoms with E-state index in [9.17, 15) is 4.39 Å². The van der Waals surface area contributed by atoms with Crippen LogP contribution < -0.4 is 10.6 Å². The molecule has 4 nitrogen and oxygen atoms in total. The third-order valence-corrected chi connectivity index (χ3v) is 2.52. The number of nitrogen functional groups attached to an aromatic ring is 1. The third-order valence-electron chi connectivity index (χ3n) is 2.52. The Bertz CT molecular complexity index is 326. The van der Waals surface area contributed by atoms with Gasteiger partial charge in [0.2, 0.25) is 0 Å². The largest absolute Gasteiger partial charge is 0.396 e. The van der Waals surface area contributed by atoms with Gasteiger partial charge in [-0.15, -0.1) is 0 Å². The molecule has 2 N–H and O–H groups in total. The molecular formula is C12H20FN3O. The van der Waals surface area contributed by atoms with Gasteiger partial charge in [-0.25, -0.2) is 4.39 Å². The highest BCUT2D eigenvalue weighted by molar-refractivity contribution is 5.66. The molecule has 0 aliphatic heterocycles. The number of halogens is 1. The van der Waals surface area contributed by atoms with Gasteiger partial charge in [0.05, 0.1) is 23.8 Å². The molecule has 17 heavy (non-hydrogen) atoms. The van der Waals surface area contributed by atoms with Crippen molar-refractivity contribution in [3.63, 3.8) is 0 Å². The summed E-state index contributed by atoms with van der Waals surface area (Å²) in [6, 6.07) is 0. The molecule has 0 aromatic carbocycles. The second kappa shape index (κ2) is 7.06. The number of rotatable bonds is 7. The second-order valence-corrected chi connectivity index (χ2v) is 3.69. The van der Waals surface area contributed by atoms with Crippen LogP contribution in [0.3, 0.4) is 0 Å². The summed E-state index contributed by atoms with van der Waals surface area (Å²) in [5.41, 5.74) is 6.57. The van der Waals surface area contributed by atoms with E-state index in [0.717, 1.165) is 13.0 Å². The molecule has 5 heteroatoms. The standard InChI is InChI=1S/C12H20FN3O/c1-3-16(6-5-7-17-4-2)12-10(13)8-15-9-11(12)14/h8-9H,3-7,14H2,1-2H3. The molecule has 0 unspecified atom stereocenters. The van der Waals surface area contributed by atoms with E-state index in [1.165, 1.54) is 12.4 Å². The van der Waals surface area contributed by atoms with E-state index in [2.05, 4.69) is 4.98 Å². The van der Waals surface area contributed by atoms with Gasteiger partial charge in [-0.2, -0.15) is 0 Å². The Labute approximate surface area is 102 Å². The van der Waals surface area contributed by atoms with Gasteiger partial charge in [-0.1, -0.05) is 0 Å². The summed E-state index contributed by atoms with van der Waals surface area (Å²) >= 11 is 0. The highest BCUT2D eigenvalue weighted by Crippen LogP contribution is 2.25. The zero-order chi connectivity index (χ0) is 12.7. The Hall–Kier alpha value is -1.36. The van der Waals surface area contributed by atoms with E-state index in [4.69, 9.17) is 10.5 Å². The van der Waals surface area contributed by atoms with Crippen LogP contribution in [0.1, 0.15) is 20.3 Å². The molecule has 0 fully saturated rings. The van der Waals surface area contributed by atoms with E-state index < -0.39 is 0 Å². The fraction of sp³-hybridized carbons (Fsp3) is 0.583. The number of hydrogen-bond acceptors (Lipinski definition) is 4. The second-order valence-electron chi connectivity index (χ2n) is 3.69. The molecule has 0 aliphatic carbocycles. The minimum Gasteiger partial charge on any atom is -0.396 e. The lowest BCUT2D eigenvalue weighted by Gasteiger charge is -2.24. The fourth-order valence-electron chi connectivity index (χ4n) is 1.71. The fourth-order valence-corrected chi connectivity index (χ4v) is 1.71. The summed E-state index contributed by atoms with van der Waals surface area (Å²) in [5.74, 6) is -0.372. The topological polar surface area (TPSA) is 51.4 Å². The predicted octanol–water partition coefficient (Wildman–Crippen LogP) is 2.06. The number of anilines is 2. The van der Waals surface area contributed by atoms with Gasteiger partial charge in [0.15, 0.2) is 5.82 Å². The molecule has 1 aromatic heterocycles. The van der Waals surface area contributed by atoms with Crippen molar-refractivity contribution in [2.45, 2.75) is 20.3 Å². The maximum absolute atomic E-state index is 13.6. The van der Waals surface area contributed by atoms with E-state index in [0.29, 0.717) is 31.1 Å². The minimum atomic E-state index is -0.372. The molecule has 0 spiro atoms. The number of ether oxygens (including phenoxy) is 1. The molecule has 1 heterocycles. The quantitative estimate of drug-likeness (QED) is 0.742. The monoisotopic (exact) mass is 241 g/mol. The van der Waals surface area contributed by atoms with Crippen LogP contribution in [0.4, 0.5) is 15.8 Å². The Morgan fingerprint density at radius 3 is 2.76 bits per heavy atom. The molecule has 96 valence electrons. The normalized spacial score (nSPS) is 10.5. The molecule has 0 atom stereocenters. The van der Waals surface area contributed by atoms with Crippen molar-refractivity contribution >= 4 is 11.4 Å². The number of pyridine rings is 1. The SMILES string of the molecule is CCOCCCN(CC)c1c(N)cncc1F. The van der Waals surface area contributed by atoms with Gasteiger partial charge in [0.25, 0.3) is 0 Å². The van der Waals surface area contributed by atoms with Crippen LogP contribution in [0.2, 0.25) is 0 Å². The molecule has 1 rings (SSSR count). The first-order valence-corrected chi connectivity index (χ1v) is 5.92. The van der Waals surface area contributed by atoms with Crippen LogP contribution in [0.25, 0.3) is 0 Å². The van der Waals surface area contributed by atoms with Gasteiger partial charge in [-0.3, -0.25) is 4.98 Å². The third kappa shape index (κ3) is 3.85. The molecule has 0 saturated heterocycles. The smallest absolute Gasteiger partial charge is 0.166 e. The molecule has 0 radical (unpaired) electrons. The Morgan fingerprint density at radius 2 is 2.18 bits per heavy atom. The Morgan fingerprint density at radius 1 is 1.41 bits per heavy atom. The van der Waals surface area contributed by atoms with Crippen molar-refractivity contribution in [2.75, 3.05) is 36.9 Å². The molecule has 0 amide bonds. The number of hydrogen-bond donors (Lipinski definition) is 1.